The summed E-state index contributed by atoms with van der Waals surface area (Å²) in [4.78, 5) is 23.3. The molecule has 24 heavy (non-hydrogen) atoms. The molecular formula is C17H22FNO5. The van der Waals surface area contributed by atoms with Crippen molar-refractivity contribution < 1.29 is 28.6 Å². The fraction of sp³-hybridized carbons (Fsp3) is 0.529. The Bertz CT molecular complexity index is 586. The summed E-state index contributed by atoms with van der Waals surface area (Å²) in [6.45, 7) is 2.91. The summed E-state index contributed by atoms with van der Waals surface area (Å²) in [6, 6.07) is 2.75. The fourth-order valence-electron chi connectivity index (χ4n) is 2.52. The van der Waals surface area contributed by atoms with Gasteiger partial charge < -0.3 is 19.9 Å². The molecule has 7 heteroatoms. The Morgan fingerprint density at radius 1 is 1.50 bits per heavy atom. The van der Waals surface area contributed by atoms with E-state index in [1.165, 1.54) is 18.2 Å². The van der Waals surface area contributed by atoms with Crippen molar-refractivity contribution in [2.45, 2.75) is 38.3 Å². The smallest absolute Gasteiger partial charge is 0.330 e. The van der Waals surface area contributed by atoms with Crippen LogP contribution in [-0.2, 0) is 19.1 Å². The second kappa shape index (κ2) is 8.75. The minimum Gasteiger partial charge on any atom is -0.479 e. The lowest BCUT2D eigenvalue weighted by molar-refractivity contribution is -0.142. The largest absolute Gasteiger partial charge is 0.479 e. The number of halogens is 1. The first-order valence-electron chi connectivity index (χ1n) is 7.95. The maximum absolute atomic E-state index is 13.3. The molecule has 1 amide bonds. The van der Waals surface area contributed by atoms with E-state index in [2.05, 4.69) is 5.32 Å². The quantitative estimate of drug-likeness (QED) is 0.707. The number of amides is 1. The Morgan fingerprint density at radius 3 is 2.92 bits per heavy atom. The summed E-state index contributed by atoms with van der Waals surface area (Å²) in [5, 5.41) is 11.7. The van der Waals surface area contributed by atoms with Crippen LogP contribution in [0.2, 0.25) is 0 Å². The van der Waals surface area contributed by atoms with Gasteiger partial charge >= 0.3 is 5.97 Å². The number of hydrogen-bond acceptors (Lipinski definition) is 4. The molecule has 0 saturated carbocycles. The number of aryl methyl sites for hydroxylation is 1. The van der Waals surface area contributed by atoms with Crippen LogP contribution in [0.5, 0.6) is 0 Å². The summed E-state index contributed by atoms with van der Waals surface area (Å²) < 4.78 is 24.1. The number of ether oxygens (including phenoxy) is 2. The van der Waals surface area contributed by atoms with Gasteiger partial charge in [0, 0.05) is 13.0 Å². The molecule has 6 nitrogen and oxygen atoms in total. The fourth-order valence-corrected chi connectivity index (χ4v) is 2.52. The summed E-state index contributed by atoms with van der Waals surface area (Å²) >= 11 is 0. The number of rotatable bonds is 8. The lowest BCUT2D eigenvalue weighted by Crippen LogP contribution is -2.34. The van der Waals surface area contributed by atoms with Crippen LogP contribution in [-0.4, -0.2) is 42.9 Å². The molecule has 2 N–H and O–H groups in total. The minimum atomic E-state index is -1.21. The van der Waals surface area contributed by atoms with Crippen LogP contribution in [0.4, 0.5) is 4.39 Å². The van der Waals surface area contributed by atoms with Gasteiger partial charge in [0.2, 0.25) is 5.91 Å². The molecule has 0 aliphatic carbocycles. The van der Waals surface area contributed by atoms with Crippen molar-refractivity contribution in [3.8, 4) is 0 Å². The first-order chi connectivity index (χ1) is 11.5. The molecular weight excluding hydrogens is 317 g/mol. The molecule has 1 aromatic carbocycles. The molecule has 0 bridgehead atoms. The first kappa shape index (κ1) is 18.4. The number of aliphatic carboxylic acids is 1. The molecule has 1 aromatic rings. The molecule has 1 aliphatic heterocycles. The monoisotopic (exact) mass is 339 g/mol. The van der Waals surface area contributed by atoms with Crippen LogP contribution in [0.3, 0.4) is 0 Å². The molecule has 0 aromatic heterocycles. The number of carboxylic acids is 1. The lowest BCUT2D eigenvalue weighted by atomic mass is 10.0. The van der Waals surface area contributed by atoms with Crippen molar-refractivity contribution in [3.63, 3.8) is 0 Å². The zero-order valence-corrected chi connectivity index (χ0v) is 13.6. The lowest BCUT2D eigenvalue weighted by Gasteiger charge is -2.16. The van der Waals surface area contributed by atoms with Crippen molar-refractivity contribution in [1.29, 1.82) is 0 Å². The van der Waals surface area contributed by atoms with Gasteiger partial charge in [0.15, 0.2) is 6.04 Å². The Hall–Kier alpha value is -1.99. The third-order valence-corrected chi connectivity index (χ3v) is 3.87. The van der Waals surface area contributed by atoms with Crippen LogP contribution < -0.4 is 5.32 Å². The van der Waals surface area contributed by atoms with Crippen LogP contribution in [0, 0.1) is 12.7 Å². The zero-order valence-electron chi connectivity index (χ0n) is 13.6. The maximum Gasteiger partial charge on any atom is 0.330 e. The Morgan fingerprint density at radius 2 is 2.29 bits per heavy atom. The average molecular weight is 339 g/mol. The predicted octanol–water partition coefficient (Wildman–Crippen LogP) is 1.96. The summed E-state index contributed by atoms with van der Waals surface area (Å²) in [5.74, 6) is -2.05. The molecule has 1 saturated heterocycles. The zero-order chi connectivity index (χ0) is 17.5. The second-order valence-corrected chi connectivity index (χ2v) is 5.81. The molecule has 132 valence electrons. The van der Waals surface area contributed by atoms with Crippen molar-refractivity contribution >= 4 is 11.9 Å². The first-order valence-corrected chi connectivity index (χ1v) is 7.95. The van der Waals surface area contributed by atoms with E-state index in [1.807, 2.05) is 0 Å². The van der Waals surface area contributed by atoms with Gasteiger partial charge in [-0.15, -0.1) is 0 Å². The molecule has 2 atom stereocenters. The highest BCUT2D eigenvalue weighted by Crippen LogP contribution is 2.17. The molecule has 1 fully saturated rings. The molecule has 2 unspecified atom stereocenters. The Kier molecular flexibility index (Phi) is 6.69. The van der Waals surface area contributed by atoms with Gasteiger partial charge in [0.1, 0.15) is 5.82 Å². The van der Waals surface area contributed by atoms with E-state index in [4.69, 9.17) is 9.47 Å². The Balaban J connectivity index is 1.82. The normalized spacial score (nSPS) is 18.3. The summed E-state index contributed by atoms with van der Waals surface area (Å²) in [7, 11) is 0. The maximum atomic E-state index is 13.3. The topological polar surface area (TPSA) is 84.9 Å². The van der Waals surface area contributed by atoms with Crippen molar-refractivity contribution in [1.82, 2.24) is 5.32 Å². The highest BCUT2D eigenvalue weighted by atomic mass is 19.1. The van der Waals surface area contributed by atoms with E-state index in [0.29, 0.717) is 17.7 Å². The number of hydrogen-bond donors (Lipinski definition) is 2. The van der Waals surface area contributed by atoms with E-state index in [9.17, 15) is 19.1 Å². The second-order valence-electron chi connectivity index (χ2n) is 5.81. The molecule has 0 radical (unpaired) electrons. The van der Waals surface area contributed by atoms with Crippen molar-refractivity contribution in [2.75, 3.05) is 19.8 Å². The SMILES string of the molecule is Cc1cc(C(NC(=O)CCOCC2CCCO2)C(=O)O)ccc1F. The standard InChI is InChI=1S/C17H22FNO5/c1-11-9-12(4-5-14(11)18)16(17(21)22)19-15(20)6-8-23-10-13-3-2-7-24-13/h4-5,9,13,16H,2-3,6-8,10H2,1H3,(H,19,20)(H,21,22). The third kappa shape index (κ3) is 5.28. The average Bonchev–Trinajstić information content (AvgIpc) is 3.05. The van der Waals surface area contributed by atoms with Gasteiger partial charge in [-0.25, -0.2) is 9.18 Å². The van der Waals surface area contributed by atoms with E-state index in [1.54, 1.807) is 6.92 Å². The number of carbonyl (C=O) groups excluding carboxylic acids is 1. The number of nitrogens with one attached hydrogen (secondary N) is 1. The van der Waals surface area contributed by atoms with Crippen LogP contribution >= 0.6 is 0 Å². The summed E-state index contributed by atoms with van der Waals surface area (Å²) in [6.07, 6.45) is 2.11. The van der Waals surface area contributed by atoms with Crippen molar-refractivity contribution in [2.24, 2.45) is 0 Å². The van der Waals surface area contributed by atoms with Gasteiger partial charge in [-0.1, -0.05) is 12.1 Å². The van der Waals surface area contributed by atoms with E-state index >= 15 is 0 Å². The van der Waals surface area contributed by atoms with Gasteiger partial charge in [-0.2, -0.15) is 0 Å². The number of carbonyl (C=O) groups is 2. The van der Waals surface area contributed by atoms with Gasteiger partial charge in [0.05, 0.1) is 19.3 Å². The van der Waals surface area contributed by atoms with Crippen LogP contribution in [0.1, 0.15) is 36.4 Å². The van der Waals surface area contributed by atoms with Gasteiger partial charge in [-0.3, -0.25) is 4.79 Å². The molecule has 2 rings (SSSR count). The van der Waals surface area contributed by atoms with Crippen LogP contribution in [0.25, 0.3) is 0 Å². The van der Waals surface area contributed by atoms with Crippen LogP contribution in [0.15, 0.2) is 18.2 Å². The van der Waals surface area contributed by atoms with E-state index in [-0.39, 0.29) is 19.1 Å². The number of carboxylic acid groups (broad SMARTS) is 1. The highest BCUT2D eigenvalue weighted by Gasteiger charge is 2.22. The molecule has 0 spiro atoms. The summed E-state index contributed by atoms with van der Waals surface area (Å²) in [5.41, 5.74) is 0.655. The molecule has 1 heterocycles. The molecule has 1 aliphatic rings. The Labute approximate surface area is 139 Å². The minimum absolute atomic E-state index is 0.0523. The third-order valence-electron chi connectivity index (χ3n) is 3.87. The highest BCUT2D eigenvalue weighted by molar-refractivity contribution is 5.84. The number of benzene rings is 1. The van der Waals surface area contributed by atoms with Gasteiger partial charge in [-0.05, 0) is 37.0 Å². The van der Waals surface area contributed by atoms with E-state index in [0.717, 1.165) is 19.4 Å². The van der Waals surface area contributed by atoms with Gasteiger partial charge in [0.25, 0.3) is 0 Å². The van der Waals surface area contributed by atoms with Crippen molar-refractivity contribution in [3.05, 3.63) is 35.1 Å². The predicted molar refractivity (Wildman–Crippen MR) is 84.1 cm³/mol. The van der Waals surface area contributed by atoms with E-state index < -0.39 is 23.7 Å².